The van der Waals surface area contributed by atoms with Crippen LogP contribution in [0.4, 0.5) is 0 Å². The predicted molar refractivity (Wildman–Crippen MR) is 76.2 cm³/mol. The third kappa shape index (κ3) is 4.56. The summed E-state index contributed by atoms with van der Waals surface area (Å²) in [5, 5.41) is 0. The van der Waals surface area contributed by atoms with E-state index in [0.717, 1.165) is 13.0 Å². The minimum Gasteiger partial charge on any atom is -0.376 e. The Morgan fingerprint density at radius 3 is 2.22 bits per heavy atom. The third-order valence-corrected chi connectivity index (χ3v) is 2.65. The van der Waals surface area contributed by atoms with Gasteiger partial charge in [-0.05, 0) is 17.5 Å². The smallest absolute Gasteiger partial charge is 0.0717 e. The van der Waals surface area contributed by atoms with Crippen molar-refractivity contribution in [2.45, 2.75) is 13.0 Å². The molecule has 92 valence electrons. The van der Waals surface area contributed by atoms with Crippen LogP contribution in [0.5, 0.6) is 0 Å². The first-order chi connectivity index (χ1) is 8.95. The van der Waals surface area contributed by atoms with Crippen LogP contribution in [0, 0.1) is 0 Å². The Balaban J connectivity index is 1.63. The highest BCUT2D eigenvalue weighted by molar-refractivity contribution is 5.48. The van der Waals surface area contributed by atoms with E-state index in [4.69, 9.17) is 4.74 Å². The Kier molecular flexibility index (Phi) is 5.22. The van der Waals surface area contributed by atoms with Crippen molar-refractivity contribution in [3.8, 4) is 0 Å². The summed E-state index contributed by atoms with van der Waals surface area (Å²) in [4.78, 5) is 0. The first-order valence-corrected chi connectivity index (χ1v) is 6.28. The zero-order chi connectivity index (χ0) is 12.5. The quantitative estimate of drug-likeness (QED) is 0.681. The molecular formula is C17H18O. The van der Waals surface area contributed by atoms with Crippen LogP contribution in [0.3, 0.4) is 0 Å². The van der Waals surface area contributed by atoms with Gasteiger partial charge in [0.2, 0.25) is 0 Å². The van der Waals surface area contributed by atoms with Crippen LogP contribution < -0.4 is 0 Å². The van der Waals surface area contributed by atoms with Crippen molar-refractivity contribution in [3.63, 3.8) is 0 Å². The SMILES string of the molecule is C(=C/c1ccccc1)/CCOCc1ccccc1. The van der Waals surface area contributed by atoms with E-state index < -0.39 is 0 Å². The summed E-state index contributed by atoms with van der Waals surface area (Å²) in [5.74, 6) is 0. The zero-order valence-electron chi connectivity index (χ0n) is 10.5. The van der Waals surface area contributed by atoms with E-state index in [0.29, 0.717) is 6.61 Å². The maximum absolute atomic E-state index is 5.61. The summed E-state index contributed by atoms with van der Waals surface area (Å²) in [7, 11) is 0. The van der Waals surface area contributed by atoms with E-state index in [-0.39, 0.29) is 0 Å². The maximum Gasteiger partial charge on any atom is 0.0717 e. The lowest BCUT2D eigenvalue weighted by molar-refractivity contribution is 0.125. The van der Waals surface area contributed by atoms with Gasteiger partial charge in [-0.1, -0.05) is 72.8 Å². The fraction of sp³-hybridized carbons (Fsp3) is 0.176. The van der Waals surface area contributed by atoms with Gasteiger partial charge >= 0.3 is 0 Å². The molecule has 0 N–H and O–H groups in total. The van der Waals surface area contributed by atoms with Crippen molar-refractivity contribution >= 4 is 6.08 Å². The summed E-state index contributed by atoms with van der Waals surface area (Å²) < 4.78 is 5.61. The number of hydrogen-bond acceptors (Lipinski definition) is 1. The van der Waals surface area contributed by atoms with Crippen molar-refractivity contribution in [1.29, 1.82) is 0 Å². The standard InChI is InChI=1S/C17H18O/c1-3-9-16(10-4-1)11-7-8-14-18-15-17-12-5-2-6-13-17/h1-7,9-13H,8,14-15H2/b11-7-. The zero-order valence-corrected chi connectivity index (χ0v) is 10.5. The first kappa shape index (κ1) is 12.6. The Morgan fingerprint density at radius 2 is 1.50 bits per heavy atom. The van der Waals surface area contributed by atoms with E-state index in [9.17, 15) is 0 Å². The van der Waals surface area contributed by atoms with E-state index >= 15 is 0 Å². The van der Waals surface area contributed by atoms with Gasteiger partial charge in [-0.2, -0.15) is 0 Å². The summed E-state index contributed by atoms with van der Waals surface area (Å²) in [6.45, 7) is 1.46. The minimum absolute atomic E-state index is 0.694. The van der Waals surface area contributed by atoms with Gasteiger partial charge in [0.1, 0.15) is 0 Å². The fourth-order valence-electron chi connectivity index (χ4n) is 1.70. The number of rotatable bonds is 6. The van der Waals surface area contributed by atoms with Crippen LogP contribution in [-0.2, 0) is 11.3 Å². The van der Waals surface area contributed by atoms with Gasteiger partial charge in [0.15, 0.2) is 0 Å². The molecule has 0 amide bonds. The molecule has 0 aliphatic rings. The van der Waals surface area contributed by atoms with Crippen molar-refractivity contribution in [2.75, 3.05) is 6.61 Å². The van der Waals surface area contributed by atoms with Crippen LogP contribution in [0.25, 0.3) is 6.08 Å². The number of benzene rings is 2. The average molecular weight is 238 g/mol. The molecule has 18 heavy (non-hydrogen) atoms. The van der Waals surface area contributed by atoms with Crippen LogP contribution in [-0.4, -0.2) is 6.61 Å². The van der Waals surface area contributed by atoms with E-state index in [1.54, 1.807) is 0 Å². The van der Waals surface area contributed by atoms with E-state index in [1.165, 1.54) is 11.1 Å². The molecule has 0 saturated heterocycles. The molecule has 0 unspecified atom stereocenters. The molecule has 0 aromatic heterocycles. The van der Waals surface area contributed by atoms with Crippen LogP contribution in [0.1, 0.15) is 17.5 Å². The lowest BCUT2D eigenvalue weighted by Crippen LogP contribution is -1.93. The molecule has 0 saturated carbocycles. The molecule has 0 radical (unpaired) electrons. The van der Waals surface area contributed by atoms with Gasteiger partial charge in [0, 0.05) is 0 Å². The highest BCUT2D eigenvalue weighted by Gasteiger charge is 1.90. The molecule has 2 aromatic rings. The molecule has 2 rings (SSSR count). The van der Waals surface area contributed by atoms with Gasteiger partial charge in [-0.15, -0.1) is 0 Å². The highest BCUT2D eigenvalue weighted by Crippen LogP contribution is 2.03. The van der Waals surface area contributed by atoms with Crippen LogP contribution >= 0.6 is 0 Å². The summed E-state index contributed by atoms with van der Waals surface area (Å²) in [5.41, 5.74) is 2.46. The third-order valence-electron chi connectivity index (χ3n) is 2.65. The molecule has 0 aliphatic carbocycles. The van der Waals surface area contributed by atoms with Gasteiger partial charge in [-0.3, -0.25) is 0 Å². The maximum atomic E-state index is 5.61. The number of ether oxygens (including phenoxy) is 1. The summed E-state index contributed by atoms with van der Waals surface area (Å²) in [6.07, 6.45) is 5.23. The van der Waals surface area contributed by atoms with Crippen LogP contribution in [0.15, 0.2) is 66.7 Å². The Hall–Kier alpha value is -1.86. The topological polar surface area (TPSA) is 9.23 Å². The fourth-order valence-corrected chi connectivity index (χ4v) is 1.70. The van der Waals surface area contributed by atoms with Gasteiger partial charge in [0.25, 0.3) is 0 Å². The second-order valence-electron chi connectivity index (χ2n) is 4.14. The molecule has 0 spiro atoms. The Labute approximate surface area is 109 Å². The second kappa shape index (κ2) is 7.46. The molecule has 2 aromatic carbocycles. The Bertz CT molecular complexity index is 459. The molecular weight excluding hydrogens is 220 g/mol. The Morgan fingerprint density at radius 1 is 0.833 bits per heavy atom. The first-order valence-electron chi connectivity index (χ1n) is 6.28. The van der Waals surface area contributed by atoms with Gasteiger partial charge in [0.05, 0.1) is 13.2 Å². The summed E-state index contributed by atoms with van der Waals surface area (Å²) >= 11 is 0. The second-order valence-corrected chi connectivity index (χ2v) is 4.14. The average Bonchev–Trinajstić information content (AvgIpc) is 2.45. The van der Waals surface area contributed by atoms with Crippen molar-refractivity contribution in [1.82, 2.24) is 0 Å². The molecule has 0 fully saturated rings. The van der Waals surface area contributed by atoms with Crippen molar-refractivity contribution in [3.05, 3.63) is 77.9 Å². The van der Waals surface area contributed by atoms with Gasteiger partial charge in [-0.25, -0.2) is 0 Å². The number of hydrogen-bond donors (Lipinski definition) is 0. The molecule has 0 aliphatic heterocycles. The van der Waals surface area contributed by atoms with Gasteiger partial charge < -0.3 is 4.74 Å². The monoisotopic (exact) mass is 238 g/mol. The largest absolute Gasteiger partial charge is 0.376 e. The molecule has 0 atom stereocenters. The van der Waals surface area contributed by atoms with Crippen molar-refractivity contribution < 1.29 is 4.74 Å². The lowest BCUT2D eigenvalue weighted by atomic mass is 10.2. The normalized spacial score (nSPS) is 10.9. The molecule has 1 nitrogen and oxygen atoms in total. The van der Waals surface area contributed by atoms with E-state index in [2.05, 4.69) is 36.4 Å². The predicted octanol–water partition coefficient (Wildman–Crippen LogP) is 4.31. The molecule has 1 heteroatoms. The molecule has 0 heterocycles. The van der Waals surface area contributed by atoms with E-state index in [1.807, 2.05) is 36.4 Å². The summed E-state index contributed by atoms with van der Waals surface area (Å²) in [6, 6.07) is 20.6. The van der Waals surface area contributed by atoms with Crippen LogP contribution in [0.2, 0.25) is 0 Å². The molecule has 0 bridgehead atoms. The highest BCUT2D eigenvalue weighted by atomic mass is 16.5. The van der Waals surface area contributed by atoms with Crippen molar-refractivity contribution in [2.24, 2.45) is 0 Å². The lowest BCUT2D eigenvalue weighted by Gasteiger charge is -2.01. The minimum atomic E-state index is 0.694.